The van der Waals surface area contributed by atoms with Crippen LogP contribution in [0.5, 0.6) is 0 Å². The summed E-state index contributed by atoms with van der Waals surface area (Å²) in [6, 6.07) is 17.3. The van der Waals surface area contributed by atoms with Gasteiger partial charge in [0.15, 0.2) is 0 Å². The fraction of sp³-hybridized carbons (Fsp3) is 0.286. The predicted molar refractivity (Wildman–Crippen MR) is 137 cm³/mol. The summed E-state index contributed by atoms with van der Waals surface area (Å²) in [7, 11) is 4.15. The van der Waals surface area contributed by atoms with Crippen LogP contribution in [0.4, 0.5) is 5.82 Å². The van der Waals surface area contributed by atoms with Gasteiger partial charge in [-0.1, -0.05) is 36.9 Å². The molecule has 0 saturated carbocycles. The van der Waals surface area contributed by atoms with E-state index >= 15 is 0 Å². The molecule has 5 rings (SSSR count). The van der Waals surface area contributed by atoms with Crippen LogP contribution in [0.2, 0.25) is 0 Å². The number of aryl methyl sites for hydroxylation is 1. The van der Waals surface area contributed by atoms with E-state index in [0.717, 1.165) is 51.3 Å². The van der Waals surface area contributed by atoms with Crippen LogP contribution >= 0.6 is 0 Å². The summed E-state index contributed by atoms with van der Waals surface area (Å²) < 4.78 is 1.82. The Morgan fingerprint density at radius 3 is 2.64 bits per heavy atom. The Balaban J connectivity index is 1.31. The van der Waals surface area contributed by atoms with Crippen LogP contribution in [-0.4, -0.2) is 39.8 Å². The van der Waals surface area contributed by atoms with Crippen molar-refractivity contribution in [2.45, 2.75) is 19.3 Å². The largest absolute Gasteiger partial charge is 0.340 e. The minimum atomic E-state index is 0.772. The highest BCUT2D eigenvalue weighted by Crippen LogP contribution is 2.27. The Morgan fingerprint density at radius 1 is 1.00 bits per heavy atom. The third kappa shape index (κ3) is 4.99. The van der Waals surface area contributed by atoms with Crippen LogP contribution in [0.15, 0.2) is 73.7 Å². The van der Waals surface area contributed by atoms with Gasteiger partial charge in [0.1, 0.15) is 5.82 Å². The number of likely N-dealkylation sites (tertiary alicyclic amines) is 1. The van der Waals surface area contributed by atoms with Gasteiger partial charge in [0.05, 0.1) is 6.20 Å². The third-order valence-electron chi connectivity index (χ3n) is 6.68. The average Bonchev–Trinajstić information content (AvgIpc) is 3.26. The van der Waals surface area contributed by atoms with Gasteiger partial charge in [-0.05, 0) is 85.6 Å². The number of aromatic nitrogens is 3. The maximum absolute atomic E-state index is 4.61. The van der Waals surface area contributed by atoms with Crippen LogP contribution < -0.4 is 5.32 Å². The Labute approximate surface area is 195 Å². The summed E-state index contributed by atoms with van der Waals surface area (Å²) in [6.45, 7) is 6.70. The number of pyridine rings is 1. The molecule has 0 atom stereocenters. The molecule has 168 valence electrons. The summed E-state index contributed by atoms with van der Waals surface area (Å²) in [4.78, 5) is 7.03. The summed E-state index contributed by atoms with van der Waals surface area (Å²) >= 11 is 0. The lowest BCUT2D eigenvalue weighted by Crippen LogP contribution is -2.30. The van der Waals surface area contributed by atoms with Gasteiger partial charge in [-0.25, -0.2) is 4.98 Å². The molecule has 0 bridgehead atoms. The molecule has 0 aliphatic carbocycles. The Kier molecular flexibility index (Phi) is 5.97. The van der Waals surface area contributed by atoms with E-state index < -0.39 is 0 Å². The molecule has 0 spiro atoms. The first kappa shape index (κ1) is 21.4. The molecule has 33 heavy (non-hydrogen) atoms. The predicted octanol–water partition coefficient (Wildman–Crippen LogP) is 5.60. The molecule has 0 radical (unpaired) electrons. The number of anilines is 1. The van der Waals surface area contributed by atoms with Crippen molar-refractivity contribution in [1.29, 1.82) is 0 Å². The van der Waals surface area contributed by atoms with Crippen LogP contribution in [0.1, 0.15) is 24.0 Å². The molecule has 1 fully saturated rings. The molecule has 1 aliphatic rings. The van der Waals surface area contributed by atoms with Crippen LogP contribution in [0, 0.1) is 5.92 Å². The van der Waals surface area contributed by atoms with E-state index in [1.165, 1.54) is 31.5 Å². The molecule has 5 nitrogen and oxygen atoms in total. The molecule has 4 aromatic rings. The Bertz CT molecular complexity index is 1280. The van der Waals surface area contributed by atoms with E-state index in [2.05, 4.69) is 82.5 Å². The average molecular weight is 438 g/mol. The fourth-order valence-electron chi connectivity index (χ4n) is 4.67. The van der Waals surface area contributed by atoms with Crippen molar-refractivity contribution in [2.75, 3.05) is 25.5 Å². The van der Waals surface area contributed by atoms with Gasteiger partial charge < -0.3 is 10.2 Å². The first-order valence-corrected chi connectivity index (χ1v) is 11.7. The first-order valence-electron chi connectivity index (χ1n) is 11.7. The highest BCUT2D eigenvalue weighted by atomic mass is 15.2. The van der Waals surface area contributed by atoms with Gasteiger partial charge >= 0.3 is 0 Å². The standard InChI is InChI=1S/C28H31N5/c1-20(23-6-4-5-22(14-23)13-21-9-11-32(2)12-10-21)31-28-16-26-15-24(7-8-25(26)17-29-28)27-18-30-33(3)19-27/h4-8,14-19,21H,1,9-13H2,2-3H3,(H,29,31). The molecular formula is C28H31N5. The molecule has 0 unspecified atom stereocenters. The van der Waals surface area contributed by atoms with E-state index in [-0.39, 0.29) is 0 Å². The number of nitrogens with one attached hydrogen (secondary N) is 1. The Hall–Kier alpha value is -3.44. The van der Waals surface area contributed by atoms with Gasteiger partial charge in [0, 0.05) is 36.1 Å². The zero-order valence-electron chi connectivity index (χ0n) is 19.5. The number of hydrogen-bond donors (Lipinski definition) is 1. The number of rotatable bonds is 6. The summed E-state index contributed by atoms with van der Waals surface area (Å²) in [6.07, 6.45) is 9.53. The van der Waals surface area contributed by atoms with E-state index in [9.17, 15) is 0 Å². The van der Waals surface area contributed by atoms with E-state index in [1.807, 2.05) is 30.3 Å². The number of fused-ring (bicyclic) bond motifs is 1. The highest BCUT2D eigenvalue weighted by Gasteiger charge is 2.17. The lowest BCUT2D eigenvalue weighted by molar-refractivity contribution is 0.219. The number of hydrogen-bond acceptors (Lipinski definition) is 4. The molecule has 2 aromatic heterocycles. The van der Waals surface area contributed by atoms with Gasteiger partial charge in [-0.2, -0.15) is 5.10 Å². The summed E-state index contributed by atoms with van der Waals surface area (Å²) in [5, 5.41) is 9.96. The monoisotopic (exact) mass is 437 g/mol. The number of piperidine rings is 1. The maximum atomic E-state index is 4.61. The molecule has 1 aliphatic heterocycles. The maximum Gasteiger partial charge on any atom is 0.130 e. The topological polar surface area (TPSA) is 46.0 Å². The van der Waals surface area contributed by atoms with E-state index in [4.69, 9.17) is 0 Å². The molecule has 1 saturated heterocycles. The van der Waals surface area contributed by atoms with Crippen molar-refractivity contribution in [3.05, 3.63) is 84.8 Å². The zero-order chi connectivity index (χ0) is 22.8. The third-order valence-corrected chi connectivity index (χ3v) is 6.68. The van der Waals surface area contributed by atoms with Crippen molar-refractivity contribution in [2.24, 2.45) is 13.0 Å². The van der Waals surface area contributed by atoms with Crippen LogP contribution in [-0.2, 0) is 13.5 Å². The van der Waals surface area contributed by atoms with Crippen molar-refractivity contribution in [1.82, 2.24) is 19.7 Å². The lowest BCUT2D eigenvalue weighted by Gasteiger charge is -2.29. The SMILES string of the molecule is C=C(Nc1cc2cc(-c3cnn(C)c3)ccc2cn1)c1cccc(CC2CCN(C)CC2)c1. The van der Waals surface area contributed by atoms with Crippen LogP contribution in [0.3, 0.4) is 0 Å². The lowest BCUT2D eigenvalue weighted by atomic mass is 9.90. The van der Waals surface area contributed by atoms with Gasteiger partial charge in [-0.15, -0.1) is 0 Å². The fourth-order valence-corrected chi connectivity index (χ4v) is 4.67. The zero-order valence-corrected chi connectivity index (χ0v) is 19.5. The molecular weight excluding hydrogens is 406 g/mol. The smallest absolute Gasteiger partial charge is 0.130 e. The van der Waals surface area contributed by atoms with Crippen molar-refractivity contribution >= 4 is 22.3 Å². The Morgan fingerprint density at radius 2 is 1.85 bits per heavy atom. The quantitative estimate of drug-likeness (QED) is 0.426. The second kappa shape index (κ2) is 9.20. The second-order valence-electron chi connectivity index (χ2n) is 9.29. The summed E-state index contributed by atoms with van der Waals surface area (Å²) in [5.74, 6) is 1.57. The first-order chi connectivity index (χ1) is 16.0. The van der Waals surface area contributed by atoms with E-state index in [0.29, 0.717) is 0 Å². The summed E-state index contributed by atoms with van der Waals surface area (Å²) in [5.41, 5.74) is 5.63. The molecule has 3 heterocycles. The van der Waals surface area contributed by atoms with Crippen molar-refractivity contribution in [3.63, 3.8) is 0 Å². The van der Waals surface area contributed by atoms with Gasteiger partial charge in [0.25, 0.3) is 0 Å². The highest BCUT2D eigenvalue weighted by molar-refractivity contribution is 5.89. The molecule has 5 heteroatoms. The molecule has 2 aromatic carbocycles. The van der Waals surface area contributed by atoms with Gasteiger partial charge in [-0.3, -0.25) is 4.68 Å². The van der Waals surface area contributed by atoms with Gasteiger partial charge in [0.2, 0.25) is 0 Å². The van der Waals surface area contributed by atoms with Crippen molar-refractivity contribution in [3.8, 4) is 11.1 Å². The number of benzene rings is 2. The molecule has 0 amide bonds. The van der Waals surface area contributed by atoms with Crippen LogP contribution in [0.25, 0.3) is 27.6 Å². The second-order valence-corrected chi connectivity index (χ2v) is 9.29. The normalized spacial score (nSPS) is 15.1. The molecule has 1 N–H and O–H groups in total. The minimum Gasteiger partial charge on any atom is -0.340 e. The van der Waals surface area contributed by atoms with E-state index in [1.54, 1.807) is 0 Å². The van der Waals surface area contributed by atoms with Crippen molar-refractivity contribution < 1.29 is 0 Å². The minimum absolute atomic E-state index is 0.772. The number of nitrogens with zero attached hydrogens (tertiary/aromatic N) is 4.